The summed E-state index contributed by atoms with van der Waals surface area (Å²) in [5, 5.41) is 0. The molecule has 2 heterocycles. The highest BCUT2D eigenvalue weighted by Crippen LogP contribution is 2.43. The molecule has 2 bridgehead atoms. The van der Waals surface area contributed by atoms with E-state index in [1.54, 1.807) is 4.31 Å². The quantitative estimate of drug-likeness (QED) is 0.683. The van der Waals surface area contributed by atoms with Gasteiger partial charge >= 0.3 is 0 Å². The molecule has 2 unspecified atom stereocenters. The van der Waals surface area contributed by atoms with Crippen molar-refractivity contribution in [3.63, 3.8) is 0 Å². The number of piperidine rings is 1. The van der Waals surface area contributed by atoms with Gasteiger partial charge in [-0.1, -0.05) is 31.0 Å². The maximum Gasteiger partial charge on any atom is 0.248 e. The third-order valence-electron chi connectivity index (χ3n) is 7.56. The highest BCUT2D eigenvalue weighted by molar-refractivity contribution is 7.88. The summed E-state index contributed by atoms with van der Waals surface area (Å²) in [4.78, 5) is 14.4. The van der Waals surface area contributed by atoms with E-state index in [9.17, 15) is 13.2 Å². The van der Waals surface area contributed by atoms with Crippen molar-refractivity contribution >= 4 is 15.9 Å². The van der Waals surface area contributed by atoms with Crippen molar-refractivity contribution in [2.75, 3.05) is 25.9 Å². The average molecular weight is 434 g/mol. The van der Waals surface area contributed by atoms with Crippen LogP contribution in [0.4, 0.5) is 0 Å². The standard InChI is InChI=1S/C23H35N3O3S/c1-30(28,29)25(16-17-6-2-3-7-17)12-13-26-19-10-11-20(26)15-18(14-19)21-8-4-5-9-22(21)23(24)27/h4-5,8-9,17-20H,2-3,6-7,10-16H2,1H3,(H2,24,27). The lowest BCUT2D eigenvalue weighted by Crippen LogP contribution is -2.47. The second kappa shape index (κ2) is 8.97. The highest BCUT2D eigenvalue weighted by Gasteiger charge is 2.41. The van der Waals surface area contributed by atoms with Crippen LogP contribution in [0, 0.1) is 5.92 Å². The molecule has 1 aliphatic carbocycles. The Balaban J connectivity index is 1.41. The number of primary amides is 1. The maximum absolute atomic E-state index is 12.4. The van der Waals surface area contributed by atoms with Gasteiger partial charge in [-0.05, 0) is 62.0 Å². The van der Waals surface area contributed by atoms with Crippen LogP contribution in [0.2, 0.25) is 0 Å². The summed E-state index contributed by atoms with van der Waals surface area (Å²) in [6, 6.07) is 8.66. The molecular weight excluding hydrogens is 398 g/mol. The lowest BCUT2D eigenvalue weighted by atomic mass is 9.82. The number of carbonyl (C=O) groups excluding carboxylic acids is 1. The lowest BCUT2D eigenvalue weighted by Gasteiger charge is -2.40. The monoisotopic (exact) mass is 433 g/mol. The van der Waals surface area contributed by atoms with Crippen molar-refractivity contribution in [1.29, 1.82) is 0 Å². The summed E-state index contributed by atoms with van der Waals surface area (Å²) in [5.74, 6) is 0.524. The molecule has 1 aromatic carbocycles. The molecule has 3 fully saturated rings. The molecule has 0 aromatic heterocycles. The molecule has 2 saturated heterocycles. The molecule has 2 aliphatic heterocycles. The van der Waals surface area contributed by atoms with Gasteiger partial charge in [-0.2, -0.15) is 0 Å². The van der Waals surface area contributed by atoms with Crippen molar-refractivity contribution in [2.24, 2.45) is 11.7 Å². The predicted molar refractivity (Wildman–Crippen MR) is 119 cm³/mol. The molecule has 30 heavy (non-hydrogen) atoms. The maximum atomic E-state index is 12.4. The van der Waals surface area contributed by atoms with Gasteiger partial charge in [-0.25, -0.2) is 12.7 Å². The minimum absolute atomic E-state index is 0.351. The second-order valence-corrected chi connectivity index (χ2v) is 11.5. The minimum Gasteiger partial charge on any atom is -0.366 e. The molecule has 1 amide bonds. The number of rotatable bonds is 8. The van der Waals surface area contributed by atoms with Crippen LogP contribution in [-0.4, -0.2) is 61.5 Å². The zero-order valence-electron chi connectivity index (χ0n) is 18.0. The van der Waals surface area contributed by atoms with Gasteiger partial charge in [0.2, 0.25) is 15.9 Å². The number of hydrogen-bond donors (Lipinski definition) is 1. The topological polar surface area (TPSA) is 83.7 Å². The molecule has 166 valence electrons. The van der Waals surface area contributed by atoms with Crippen LogP contribution in [0.15, 0.2) is 24.3 Å². The normalized spacial score (nSPS) is 27.7. The Labute approximate surface area is 180 Å². The van der Waals surface area contributed by atoms with Gasteiger partial charge in [0.1, 0.15) is 0 Å². The average Bonchev–Trinajstić information content (AvgIpc) is 3.29. The fourth-order valence-electron chi connectivity index (χ4n) is 6.07. The van der Waals surface area contributed by atoms with E-state index in [1.807, 2.05) is 24.3 Å². The summed E-state index contributed by atoms with van der Waals surface area (Å²) in [7, 11) is -3.18. The molecule has 3 aliphatic rings. The molecule has 4 rings (SSSR count). The van der Waals surface area contributed by atoms with Crippen LogP contribution in [0.5, 0.6) is 0 Å². The van der Waals surface area contributed by atoms with Crippen LogP contribution in [0.25, 0.3) is 0 Å². The molecule has 0 radical (unpaired) electrons. The van der Waals surface area contributed by atoms with Crippen LogP contribution in [0.3, 0.4) is 0 Å². The number of benzene rings is 1. The first-order valence-electron chi connectivity index (χ1n) is 11.4. The summed E-state index contributed by atoms with van der Waals surface area (Å²) in [5.41, 5.74) is 7.34. The van der Waals surface area contributed by atoms with E-state index in [4.69, 9.17) is 5.73 Å². The van der Waals surface area contributed by atoms with Gasteiger partial charge in [0.25, 0.3) is 0 Å². The van der Waals surface area contributed by atoms with Crippen molar-refractivity contribution in [3.05, 3.63) is 35.4 Å². The third kappa shape index (κ3) is 4.73. The molecular formula is C23H35N3O3S. The summed E-state index contributed by atoms with van der Waals surface area (Å²) < 4.78 is 26.5. The Kier molecular flexibility index (Phi) is 6.51. The van der Waals surface area contributed by atoms with E-state index in [-0.39, 0.29) is 5.91 Å². The van der Waals surface area contributed by atoms with Crippen molar-refractivity contribution in [3.8, 4) is 0 Å². The van der Waals surface area contributed by atoms with Crippen molar-refractivity contribution in [2.45, 2.75) is 69.4 Å². The molecule has 0 spiro atoms. The Morgan fingerprint density at radius 3 is 2.33 bits per heavy atom. The minimum atomic E-state index is -3.18. The number of fused-ring (bicyclic) bond motifs is 2. The molecule has 2 atom stereocenters. The highest BCUT2D eigenvalue weighted by atomic mass is 32.2. The van der Waals surface area contributed by atoms with E-state index >= 15 is 0 Å². The Morgan fingerprint density at radius 1 is 1.10 bits per heavy atom. The van der Waals surface area contributed by atoms with Crippen LogP contribution >= 0.6 is 0 Å². The van der Waals surface area contributed by atoms with E-state index < -0.39 is 10.0 Å². The molecule has 2 N–H and O–H groups in total. The van der Waals surface area contributed by atoms with Crippen LogP contribution in [0.1, 0.15) is 73.2 Å². The van der Waals surface area contributed by atoms with Gasteiger partial charge in [0, 0.05) is 37.3 Å². The van der Waals surface area contributed by atoms with Crippen LogP contribution < -0.4 is 5.73 Å². The van der Waals surface area contributed by atoms with Gasteiger partial charge in [-0.15, -0.1) is 0 Å². The van der Waals surface area contributed by atoms with Crippen molar-refractivity contribution in [1.82, 2.24) is 9.21 Å². The Hall–Kier alpha value is -1.44. The summed E-state index contributed by atoms with van der Waals surface area (Å²) >= 11 is 0. The zero-order chi connectivity index (χ0) is 21.3. The van der Waals surface area contributed by atoms with Crippen molar-refractivity contribution < 1.29 is 13.2 Å². The van der Waals surface area contributed by atoms with Gasteiger partial charge < -0.3 is 5.73 Å². The number of sulfonamides is 1. The second-order valence-electron chi connectivity index (χ2n) is 9.51. The summed E-state index contributed by atoms with van der Waals surface area (Å²) in [6.07, 6.45) is 10.5. The van der Waals surface area contributed by atoms with Gasteiger partial charge in [0.05, 0.1) is 6.26 Å². The number of nitrogens with zero attached hydrogens (tertiary/aromatic N) is 2. The van der Waals surface area contributed by atoms with Gasteiger partial charge in [-0.3, -0.25) is 9.69 Å². The largest absolute Gasteiger partial charge is 0.366 e. The van der Waals surface area contributed by atoms with E-state index in [0.717, 1.165) is 50.6 Å². The zero-order valence-corrected chi connectivity index (χ0v) is 18.8. The first kappa shape index (κ1) is 21.8. The fraction of sp³-hybridized carbons (Fsp3) is 0.696. The smallest absolute Gasteiger partial charge is 0.248 e. The number of carbonyl (C=O) groups is 1. The van der Waals surface area contributed by atoms with Crippen LogP contribution in [-0.2, 0) is 10.0 Å². The third-order valence-corrected chi connectivity index (χ3v) is 8.83. The SMILES string of the molecule is CS(=O)(=O)N(CCN1C2CCC1CC(c1ccccc1C(N)=O)C2)CC1CCCC1. The molecule has 1 aromatic rings. The number of nitrogens with two attached hydrogens (primary N) is 1. The Morgan fingerprint density at radius 2 is 1.73 bits per heavy atom. The van der Waals surface area contributed by atoms with E-state index in [2.05, 4.69) is 4.90 Å². The fourth-order valence-corrected chi connectivity index (χ4v) is 6.97. The summed E-state index contributed by atoms with van der Waals surface area (Å²) in [6.45, 7) is 2.07. The first-order valence-corrected chi connectivity index (χ1v) is 13.3. The van der Waals surface area contributed by atoms with Gasteiger partial charge in [0.15, 0.2) is 0 Å². The number of hydrogen-bond acceptors (Lipinski definition) is 4. The predicted octanol–water partition coefficient (Wildman–Crippen LogP) is 2.95. The lowest BCUT2D eigenvalue weighted by molar-refractivity contribution is 0.0992. The molecule has 7 heteroatoms. The van der Waals surface area contributed by atoms with E-state index in [0.29, 0.717) is 42.6 Å². The Bertz CT molecular complexity index is 852. The number of amides is 1. The molecule has 1 saturated carbocycles. The first-order chi connectivity index (χ1) is 14.3. The van der Waals surface area contributed by atoms with E-state index in [1.165, 1.54) is 19.1 Å². The molecule has 6 nitrogen and oxygen atoms in total.